The molecule has 5 aromatic carbocycles. The summed E-state index contributed by atoms with van der Waals surface area (Å²) in [6.45, 7) is 0. The second-order valence-corrected chi connectivity index (χ2v) is 7.32. The van der Waals surface area contributed by atoms with Gasteiger partial charge in [-0.15, -0.1) is 0 Å². The summed E-state index contributed by atoms with van der Waals surface area (Å²) < 4.78 is 113. The minimum absolute atomic E-state index is 0.0107. The van der Waals surface area contributed by atoms with Crippen LogP contribution in [0.25, 0.3) is 60.4 Å². The van der Waals surface area contributed by atoms with Crippen molar-refractivity contribution >= 4 is 43.6 Å². The van der Waals surface area contributed by atoms with Crippen molar-refractivity contribution in [2.24, 2.45) is 0 Å². The van der Waals surface area contributed by atoms with Crippen LogP contribution in [0.2, 0.25) is 0 Å². The number of aromatic nitrogens is 2. The summed E-state index contributed by atoms with van der Waals surface area (Å²) in [5.41, 5.74) is 0.818. The van der Waals surface area contributed by atoms with Crippen LogP contribution in [0.1, 0.15) is 17.8 Å². The molecule has 0 radical (unpaired) electrons. The molecule has 0 bridgehead atoms. The van der Waals surface area contributed by atoms with Gasteiger partial charge in [-0.05, 0) is 47.4 Å². The van der Waals surface area contributed by atoms with E-state index in [0.717, 1.165) is 0 Å². The highest BCUT2D eigenvalue weighted by molar-refractivity contribution is 6.28. The average molecular weight is 422 g/mol. The maximum Gasteiger partial charge on any atom is 0.0646 e. The largest absolute Gasteiger partial charge is 0.354 e. The summed E-state index contributed by atoms with van der Waals surface area (Å²) in [5, 5.41) is 0.163. The molecule has 0 spiro atoms. The normalized spacial score (nSPS) is 17.4. The molecule has 2 aromatic heterocycles. The molecule has 2 heterocycles. The van der Waals surface area contributed by atoms with Crippen LogP contribution in [-0.2, 0) is 0 Å². The summed E-state index contributed by atoms with van der Waals surface area (Å²) in [6.07, 6.45) is 0. The Hall–Kier alpha value is -4.30. The fourth-order valence-electron chi connectivity index (χ4n) is 4.21. The van der Waals surface area contributed by atoms with Gasteiger partial charge in [0.2, 0.25) is 0 Å². The fraction of sp³-hybridized carbons (Fsp3) is 0. The van der Waals surface area contributed by atoms with Gasteiger partial charge in [0, 0.05) is 38.3 Å². The second kappa shape index (κ2) is 6.60. The molecule has 7 aromatic rings. The number of aromatic amines is 1. The molecule has 0 aliphatic heterocycles. The maximum atomic E-state index is 9.09. The molecule has 0 fully saturated rings. The number of benzene rings is 5. The van der Waals surface area contributed by atoms with Gasteiger partial charge in [0.05, 0.1) is 28.9 Å². The summed E-state index contributed by atoms with van der Waals surface area (Å²) in [5.74, 6) is 0. The van der Waals surface area contributed by atoms with E-state index in [1.54, 1.807) is 12.1 Å². The van der Waals surface area contributed by atoms with Crippen LogP contribution in [0.15, 0.2) is 115 Å². The molecule has 150 valence electrons. The molecule has 2 nitrogen and oxygen atoms in total. The molecule has 7 rings (SSSR count). The Bertz CT molecular complexity index is 2440. The van der Waals surface area contributed by atoms with Crippen molar-refractivity contribution in [3.8, 4) is 16.8 Å². The van der Waals surface area contributed by atoms with Crippen molar-refractivity contribution in [2.75, 3.05) is 0 Å². The maximum absolute atomic E-state index is 9.09. The van der Waals surface area contributed by atoms with Gasteiger partial charge in [-0.3, -0.25) is 0 Å². The lowest BCUT2D eigenvalue weighted by Gasteiger charge is -2.09. The molecule has 1 N–H and O–H groups in total. The fourth-order valence-corrected chi connectivity index (χ4v) is 4.21. The number of fused-ring (bicyclic) bond motifs is 7. The first-order valence-corrected chi connectivity index (χ1v) is 9.90. The van der Waals surface area contributed by atoms with E-state index in [2.05, 4.69) is 4.98 Å². The summed E-state index contributed by atoms with van der Waals surface area (Å²) >= 11 is 0. The number of nitrogens with one attached hydrogen (secondary N) is 1. The third-order valence-electron chi connectivity index (χ3n) is 5.59. The van der Waals surface area contributed by atoms with Crippen LogP contribution in [-0.4, -0.2) is 9.55 Å². The molecule has 0 unspecified atom stereocenters. The van der Waals surface area contributed by atoms with Crippen molar-refractivity contribution in [3.63, 3.8) is 0 Å². The van der Waals surface area contributed by atoms with E-state index >= 15 is 0 Å². The number of rotatable bonds is 2. The summed E-state index contributed by atoms with van der Waals surface area (Å²) in [4.78, 5) is 2.89. The van der Waals surface area contributed by atoms with Crippen LogP contribution >= 0.6 is 0 Å². The van der Waals surface area contributed by atoms with Crippen molar-refractivity contribution < 1.29 is 17.8 Å². The Morgan fingerprint density at radius 3 is 2.16 bits per heavy atom. The first-order valence-electron chi connectivity index (χ1n) is 16.4. The van der Waals surface area contributed by atoms with E-state index in [0.29, 0.717) is 5.56 Å². The van der Waals surface area contributed by atoms with Crippen LogP contribution in [0.4, 0.5) is 0 Å². The Morgan fingerprint density at radius 1 is 0.562 bits per heavy atom. The van der Waals surface area contributed by atoms with Crippen LogP contribution in [0.3, 0.4) is 0 Å². The molecule has 0 saturated heterocycles. The lowest BCUT2D eigenvalue weighted by atomic mass is 10.1. The average Bonchev–Trinajstić information content (AvgIpc) is 3.58. The molecule has 2 heteroatoms. The second-order valence-electron chi connectivity index (χ2n) is 7.32. The molecule has 0 atom stereocenters. The van der Waals surface area contributed by atoms with Crippen molar-refractivity contribution in [1.82, 2.24) is 9.55 Å². The molecule has 0 aliphatic carbocycles. The zero-order chi connectivity index (χ0) is 32.4. The topological polar surface area (TPSA) is 20.7 Å². The zero-order valence-corrected chi connectivity index (χ0v) is 16.4. The molecular weight excluding hydrogens is 388 g/mol. The molecule has 32 heavy (non-hydrogen) atoms. The number of hydrogen-bond donors (Lipinski definition) is 1. The Balaban J connectivity index is 1.75. The molecule has 0 aliphatic rings. The number of para-hydroxylation sites is 2. The Morgan fingerprint density at radius 2 is 1.31 bits per heavy atom. The van der Waals surface area contributed by atoms with Gasteiger partial charge in [0.15, 0.2) is 0 Å². The Kier molecular flexibility index (Phi) is 1.87. The van der Waals surface area contributed by atoms with Gasteiger partial charge in [-0.25, -0.2) is 0 Å². The third-order valence-corrected chi connectivity index (χ3v) is 5.59. The van der Waals surface area contributed by atoms with Crippen LogP contribution in [0, 0.1) is 0 Å². The van der Waals surface area contributed by atoms with Crippen molar-refractivity contribution in [1.29, 1.82) is 0 Å². The van der Waals surface area contributed by atoms with E-state index in [4.69, 9.17) is 17.8 Å². The first-order chi connectivity index (χ1) is 21.3. The predicted octanol–water partition coefficient (Wildman–Crippen LogP) is 8.09. The van der Waals surface area contributed by atoms with Gasteiger partial charge in [0.25, 0.3) is 0 Å². The molecule has 0 saturated carbocycles. The quantitative estimate of drug-likeness (QED) is 0.291. The van der Waals surface area contributed by atoms with Gasteiger partial charge >= 0.3 is 0 Å². The highest BCUT2D eigenvalue weighted by Crippen LogP contribution is 2.39. The van der Waals surface area contributed by atoms with E-state index < -0.39 is 48.3 Å². The minimum atomic E-state index is -0.560. The number of hydrogen-bond acceptors (Lipinski definition) is 0. The van der Waals surface area contributed by atoms with Crippen molar-refractivity contribution in [2.45, 2.75) is 0 Å². The SMILES string of the molecule is [2H]c1ccc(-c2c([2H])cc(-n3c4c([2H])c([2H])c([2H])c([2H])c4c4c5c([nH]c6c([2H])c([2H])c([2H])c([2H])c65)c([2H])c([2H])c43)cc2[2H])cc1. The van der Waals surface area contributed by atoms with Gasteiger partial charge in [-0.1, -0.05) is 78.6 Å². The van der Waals surface area contributed by atoms with Gasteiger partial charge in [0.1, 0.15) is 0 Å². The molecular formula is C30H20N2. The lowest BCUT2D eigenvalue weighted by molar-refractivity contribution is 1.18. The minimum Gasteiger partial charge on any atom is -0.354 e. The lowest BCUT2D eigenvalue weighted by Crippen LogP contribution is -1.93. The molecule has 0 amide bonds. The third kappa shape index (κ3) is 2.41. The van der Waals surface area contributed by atoms with Gasteiger partial charge < -0.3 is 9.55 Å². The monoisotopic (exact) mass is 421 g/mol. The van der Waals surface area contributed by atoms with E-state index in [1.165, 1.54) is 28.8 Å². The smallest absolute Gasteiger partial charge is 0.0646 e. The summed E-state index contributed by atoms with van der Waals surface area (Å²) in [7, 11) is 0. The predicted molar refractivity (Wildman–Crippen MR) is 136 cm³/mol. The summed E-state index contributed by atoms with van der Waals surface area (Å²) in [6, 6.07) is 4.57. The van der Waals surface area contributed by atoms with Gasteiger partial charge in [-0.2, -0.15) is 0 Å². The number of nitrogens with zero attached hydrogens (tertiary/aromatic N) is 1. The van der Waals surface area contributed by atoms with Crippen LogP contribution < -0.4 is 0 Å². The zero-order valence-electron chi connectivity index (χ0n) is 29.4. The van der Waals surface area contributed by atoms with Crippen molar-refractivity contribution in [3.05, 3.63) is 115 Å². The van der Waals surface area contributed by atoms with E-state index in [9.17, 15) is 0 Å². The highest BCUT2D eigenvalue weighted by Gasteiger charge is 2.17. The number of H-pyrrole nitrogens is 1. The first kappa shape index (κ1) is 9.05. The van der Waals surface area contributed by atoms with E-state index in [1.807, 2.05) is 0 Å². The standard InChI is InChI=1S/C30H20N2/c1-2-8-20(9-3-1)21-14-16-22(17-15-21)32-27-13-7-5-11-24(27)30-28(32)19-18-26-29(30)23-10-4-6-12-25(23)31-26/h1-19,31H/i1D,4D,5D,6D,7D,10D,11D,12D,13D,14D,15D,18D,19D. The van der Waals surface area contributed by atoms with E-state index in [-0.39, 0.29) is 85.1 Å². The highest BCUT2D eigenvalue weighted by atomic mass is 15.0. The van der Waals surface area contributed by atoms with Crippen LogP contribution in [0.5, 0.6) is 0 Å². The Labute approximate surface area is 203 Å².